The Morgan fingerprint density at radius 2 is 2.31 bits per heavy atom. The third-order valence-corrected chi connectivity index (χ3v) is 2.71. The molecule has 0 aliphatic heterocycles. The Morgan fingerprint density at radius 1 is 1.44 bits per heavy atom. The van der Waals surface area contributed by atoms with Gasteiger partial charge in [0.1, 0.15) is 5.76 Å². The number of methoxy groups -OCH3 is 1. The Kier molecular flexibility index (Phi) is 3.63. The van der Waals surface area contributed by atoms with Crippen LogP contribution in [0.4, 0.5) is 0 Å². The van der Waals surface area contributed by atoms with Gasteiger partial charge in [-0.05, 0) is 23.7 Å². The van der Waals surface area contributed by atoms with Gasteiger partial charge in [-0.3, -0.25) is 0 Å². The molecule has 7 heteroatoms. The Bertz CT molecular complexity index is 464. The first-order valence-electron chi connectivity index (χ1n) is 4.38. The zero-order chi connectivity index (χ0) is 11.4. The van der Waals surface area contributed by atoms with E-state index in [-0.39, 0.29) is 11.3 Å². The van der Waals surface area contributed by atoms with Gasteiger partial charge < -0.3 is 9.15 Å². The lowest BCUT2D eigenvalue weighted by atomic mass is 10.5. The fraction of sp³-hybridized carbons (Fsp3) is 0.222. The third-order valence-electron chi connectivity index (χ3n) is 1.67. The summed E-state index contributed by atoms with van der Waals surface area (Å²) in [6.07, 6.45) is 1.62. The van der Waals surface area contributed by atoms with E-state index in [2.05, 4.69) is 15.0 Å². The first-order valence-corrected chi connectivity index (χ1v) is 5.75. The Labute approximate surface area is 101 Å². The minimum Gasteiger partial charge on any atom is -0.468 e. The highest BCUT2D eigenvalue weighted by atomic mass is 35.5. The molecule has 0 aromatic carbocycles. The van der Waals surface area contributed by atoms with Crippen molar-refractivity contribution in [3.63, 3.8) is 0 Å². The fourth-order valence-corrected chi connectivity index (χ4v) is 1.93. The Hall–Kier alpha value is -1.27. The molecule has 16 heavy (non-hydrogen) atoms. The molecule has 0 bridgehead atoms. The standard InChI is InChI=1S/C9H8ClN3O2S/c1-14-8-11-7(10)12-9(13-8)16-5-6-3-2-4-15-6/h2-4H,5H2,1H3. The lowest BCUT2D eigenvalue weighted by molar-refractivity contribution is 0.373. The second-order valence-electron chi connectivity index (χ2n) is 2.74. The SMILES string of the molecule is COc1nc(Cl)nc(SCc2ccco2)n1. The molecule has 0 saturated carbocycles. The predicted octanol–water partition coefficient (Wildman–Crippen LogP) is 2.42. The van der Waals surface area contributed by atoms with Gasteiger partial charge in [-0.1, -0.05) is 11.8 Å². The number of halogens is 1. The van der Waals surface area contributed by atoms with Crippen molar-refractivity contribution in [2.75, 3.05) is 7.11 Å². The number of hydrogen-bond acceptors (Lipinski definition) is 6. The van der Waals surface area contributed by atoms with Gasteiger partial charge in [0.15, 0.2) is 5.16 Å². The van der Waals surface area contributed by atoms with E-state index in [0.29, 0.717) is 10.9 Å². The highest BCUT2D eigenvalue weighted by molar-refractivity contribution is 7.98. The number of furan rings is 1. The summed E-state index contributed by atoms with van der Waals surface area (Å²) in [5.41, 5.74) is 0. The number of rotatable bonds is 4. The molecule has 2 heterocycles. The van der Waals surface area contributed by atoms with Gasteiger partial charge in [0.2, 0.25) is 5.28 Å². The molecule has 0 fully saturated rings. The molecular formula is C9H8ClN3O2S. The molecule has 0 spiro atoms. The molecule has 0 unspecified atom stereocenters. The first kappa shape index (κ1) is 11.2. The molecule has 2 aromatic heterocycles. The van der Waals surface area contributed by atoms with E-state index in [0.717, 1.165) is 5.76 Å². The molecule has 0 aliphatic carbocycles. The van der Waals surface area contributed by atoms with E-state index in [1.807, 2.05) is 12.1 Å². The van der Waals surface area contributed by atoms with Gasteiger partial charge in [-0.2, -0.15) is 15.0 Å². The maximum atomic E-state index is 5.71. The van der Waals surface area contributed by atoms with Crippen LogP contribution in [0.3, 0.4) is 0 Å². The Morgan fingerprint density at radius 3 is 3.00 bits per heavy atom. The van der Waals surface area contributed by atoms with Crippen LogP contribution in [0.15, 0.2) is 28.0 Å². The van der Waals surface area contributed by atoms with Gasteiger partial charge in [0.25, 0.3) is 0 Å². The summed E-state index contributed by atoms with van der Waals surface area (Å²) in [6.45, 7) is 0. The number of hydrogen-bond donors (Lipinski definition) is 0. The summed E-state index contributed by atoms with van der Waals surface area (Å²) >= 11 is 7.11. The van der Waals surface area contributed by atoms with E-state index in [1.54, 1.807) is 6.26 Å². The van der Waals surface area contributed by atoms with Gasteiger partial charge in [0, 0.05) is 0 Å². The van der Waals surface area contributed by atoms with Gasteiger partial charge >= 0.3 is 6.01 Å². The highest BCUT2D eigenvalue weighted by Gasteiger charge is 2.06. The summed E-state index contributed by atoms with van der Waals surface area (Å²) in [7, 11) is 1.48. The van der Waals surface area contributed by atoms with Crippen molar-refractivity contribution < 1.29 is 9.15 Å². The molecule has 0 aliphatic rings. The minimum absolute atomic E-state index is 0.119. The zero-order valence-corrected chi connectivity index (χ0v) is 9.96. The average molecular weight is 258 g/mol. The fourth-order valence-electron chi connectivity index (χ4n) is 1.00. The monoisotopic (exact) mass is 257 g/mol. The summed E-state index contributed by atoms with van der Waals surface area (Å²) in [4.78, 5) is 11.8. The van der Waals surface area contributed by atoms with Crippen molar-refractivity contribution in [3.8, 4) is 6.01 Å². The van der Waals surface area contributed by atoms with Crippen LogP contribution in [0.1, 0.15) is 5.76 Å². The van der Waals surface area contributed by atoms with Gasteiger partial charge in [0.05, 0.1) is 19.1 Å². The molecule has 0 saturated heterocycles. The predicted molar refractivity (Wildman–Crippen MR) is 59.7 cm³/mol. The second-order valence-corrected chi connectivity index (χ2v) is 4.02. The van der Waals surface area contributed by atoms with Crippen LogP contribution >= 0.6 is 23.4 Å². The number of nitrogens with zero attached hydrogens (tertiary/aromatic N) is 3. The van der Waals surface area contributed by atoms with Crippen LogP contribution in [0.25, 0.3) is 0 Å². The van der Waals surface area contributed by atoms with Crippen molar-refractivity contribution in [3.05, 3.63) is 29.4 Å². The first-order chi connectivity index (χ1) is 7.78. The maximum absolute atomic E-state index is 5.71. The van der Waals surface area contributed by atoms with Gasteiger partial charge in [-0.25, -0.2) is 0 Å². The van der Waals surface area contributed by atoms with E-state index >= 15 is 0 Å². The normalized spacial score (nSPS) is 10.4. The largest absolute Gasteiger partial charge is 0.468 e. The van der Waals surface area contributed by atoms with Crippen LogP contribution in [-0.4, -0.2) is 22.1 Å². The van der Waals surface area contributed by atoms with Gasteiger partial charge in [-0.15, -0.1) is 0 Å². The molecule has 5 nitrogen and oxygen atoms in total. The molecule has 0 atom stereocenters. The summed E-state index contributed by atoms with van der Waals surface area (Å²) in [5.74, 6) is 1.48. The number of ether oxygens (including phenoxy) is 1. The molecule has 0 N–H and O–H groups in total. The van der Waals surface area contributed by atoms with Crippen molar-refractivity contribution in [2.45, 2.75) is 10.9 Å². The lowest BCUT2D eigenvalue weighted by Gasteiger charge is -2.01. The lowest BCUT2D eigenvalue weighted by Crippen LogP contribution is -1.97. The molecule has 0 amide bonds. The molecule has 2 aromatic rings. The maximum Gasteiger partial charge on any atom is 0.321 e. The average Bonchev–Trinajstić information content (AvgIpc) is 2.78. The smallest absolute Gasteiger partial charge is 0.321 e. The summed E-state index contributed by atoms with van der Waals surface area (Å²) < 4.78 is 10.1. The summed E-state index contributed by atoms with van der Waals surface area (Å²) in [6, 6.07) is 3.92. The molecule has 84 valence electrons. The van der Waals surface area contributed by atoms with E-state index in [4.69, 9.17) is 20.8 Å². The summed E-state index contributed by atoms with van der Waals surface area (Å²) in [5, 5.41) is 0.627. The van der Waals surface area contributed by atoms with E-state index in [1.165, 1.54) is 18.9 Å². The van der Waals surface area contributed by atoms with Crippen LogP contribution in [-0.2, 0) is 5.75 Å². The topological polar surface area (TPSA) is 61.0 Å². The third kappa shape index (κ3) is 2.86. The van der Waals surface area contributed by atoms with Crippen LogP contribution < -0.4 is 4.74 Å². The zero-order valence-electron chi connectivity index (χ0n) is 8.38. The van der Waals surface area contributed by atoms with Crippen molar-refractivity contribution in [2.24, 2.45) is 0 Å². The quantitative estimate of drug-likeness (QED) is 0.784. The van der Waals surface area contributed by atoms with Crippen LogP contribution in [0.2, 0.25) is 5.28 Å². The number of aromatic nitrogens is 3. The van der Waals surface area contributed by atoms with E-state index < -0.39 is 0 Å². The Balaban J connectivity index is 2.06. The van der Waals surface area contributed by atoms with Crippen LogP contribution in [0.5, 0.6) is 6.01 Å². The van der Waals surface area contributed by atoms with Crippen molar-refractivity contribution in [1.82, 2.24) is 15.0 Å². The van der Waals surface area contributed by atoms with Crippen molar-refractivity contribution in [1.29, 1.82) is 0 Å². The molecule has 2 rings (SSSR count). The van der Waals surface area contributed by atoms with Crippen molar-refractivity contribution >= 4 is 23.4 Å². The molecule has 0 radical (unpaired) electrons. The molecular weight excluding hydrogens is 250 g/mol. The number of thioether (sulfide) groups is 1. The van der Waals surface area contributed by atoms with E-state index in [9.17, 15) is 0 Å². The van der Waals surface area contributed by atoms with Crippen LogP contribution in [0, 0.1) is 0 Å². The second kappa shape index (κ2) is 5.18. The highest BCUT2D eigenvalue weighted by Crippen LogP contribution is 2.21. The minimum atomic E-state index is 0.119.